The molecule has 0 aromatic carbocycles. The Morgan fingerprint density at radius 1 is 0.470 bits per heavy atom. The molecular formula is C60H107NO5. The summed E-state index contributed by atoms with van der Waals surface area (Å²) in [6.07, 6.45) is 68.2. The molecule has 0 aliphatic carbocycles. The molecule has 3 N–H and O–H groups in total. The first-order valence-electron chi connectivity index (χ1n) is 28.2. The van der Waals surface area contributed by atoms with Crippen molar-refractivity contribution in [3.63, 3.8) is 0 Å². The number of unbranched alkanes of at least 4 members (excludes halogenated alkanes) is 29. The number of allylic oxidation sites excluding steroid dienone is 12. The van der Waals surface area contributed by atoms with E-state index in [4.69, 9.17) is 4.74 Å². The Morgan fingerprint density at radius 2 is 0.879 bits per heavy atom. The van der Waals surface area contributed by atoms with Crippen molar-refractivity contribution >= 4 is 11.9 Å². The van der Waals surface area contributed by atoms with Gasteiger partial charge < -0.3 is 20.3 Å². The Kier molecular flexibility index (Phi) is 51.1. The van der Waals surface area contributed by atoms with Gasteiger partial charge in [-0.1, -0.05) is 254 Å². The quantitative estimate of drug-likeness (QED) is 0.0244. The van der Waals surface area contributed by atoms with E-state index in [2.05, 4.69) is 80.8 Å². The van der Waals surface area contributed by atoms with Gasteiger partial charge in [0.15, 0.2) is 0 Å². The third-order valence-electron chi connectivity index (χ3n) is 12.6. The minimum atomic E-state index is -0.800. The molecule has 6 heteroatoms. The van der Waals surface area contributed by atoms with Crippen molar-refractivity contribution in [3.8, 4) is 0 Å². The van der Waals surface area contributed by atoms with Crippen LogP contribution >= 0.6 is 0 Å². The highest BCUT2D eigenvalue weighted by molar-refractivity contribution is 5.77. The van der Waals surface area contributed by atoms with E-state index in [-0.39, 0.29) is 24.9 Å². The van der Waals surface area contributed by atoms with Gasteiger partial charge in [-0.25, -0.2) is 0 Å². The van der Waals surface area contributed by atoms with E-state index >= 15 is 0 Å². The Labute approximate surface area is 409 Å². The zero-order valence-corrected chi connectivity index (χ0v) is 43.6. The van der Waals surface area contributed by atoms with Crippen molar-refractivity contribution in [3.05, 3.63) is 72.9 Å². The minimum absolute atomic E-state index is 0.0564. The largest absolute Gasteiger partial charge is 0.462 e. The van der Waals surface area contributed by atoms with Gasteiger partial charge in [-0.05, 0) is 77.0 Å². The van der Waals surface area contributed by atoms with Crippen LogP contribution < -0.4 is 5.32 Å². The van der Waals surface area contributed by atoms with Gasteiger partial charge in [-0.15, -0.1) is 0 Å². The molecular weight excluding hydrogens is 815 g/mol. The number of amides is 1. The highest BCUT2D eigenvalue weighted by Crippen LogP contribution is 2.18. The number of ether oxygens (including phenoxy) is 1. The normalized spacial score (nSPS) is 13.7. The number of hydrogen-bond acceptors (Lipinski definition) is 5. The molecule has 1 amide bonds. The molecule has 0 rings (SSSR count). The molecule has 0 spiro atoms. The molecule has 0 saturated heterocycles. The van der Waals surface area contributed by atoms with E-state index in [1.54, 1.807) is 0 Å². The van der Waals surface area contributed by atoms with Gasteiger partial charge >= 0.3 is 5.97 Å². The van der Waals surface area contributed by atoms with E-state index in [0.29, 0.717) is 19.3 Å². The summed E-state index contributed by atoms with van der Waals surface area (Å²) in [5, 5.41) is 23.9. The van der Waals surface area contributed by atoms with E-state index in [0.717, 1.165) is 96.3 Å². The van der Waals surface area contributed by atoms with Gasteiger partial charge in [-0.2, -0.15) is 0 Å². The molecule has 0 fully saturated rings. The molecule has 3 unspecified atom stereocenters. The van der Waals surface area contributed by atoms with Crippen LogP contribution in [0.15, 0.2) is 72.9 Å². The van der Waals surface area contributed by atoms with Crippen molar-refractivity contribution < 1.29 is 24.5 Å². The van der Waals surface area contributed by atoms with Gasteiger partial charge in [0.05, 0.1) is 25.2 Å². The van der Waals surface area contributed by atoms with Crippen LogP contribution in [-0.4, -0.2) is 46.9 Å². The number of carbonyl (C=O) groups excluding carboxylic acids is 2. The van der Waals surface area contributed by atoms with Crippen LogP contribution in [0.5, 0.6) is 0 Å². The monoisotopic (exact) mass is 922 g/mol. The third kappa shape index (κ3) is 47.8. The number of nitrogens with one attached hydrogen (secondary N) is 1. The second-order valence-corrected chi connectivity index (χ2v) is 19.0. The van der Waals surface area contributed by atoms with Crippen LogP contribution in [0.3, 0.4) is 0 Å². The Morgan fingerprint density at radius 3 is 1.39 bits per heavy atom. The highest BCUT2D eigenvalue weighted by atomic mass is 16.5. The maximum Gasteiger partial charge on any atom is 0.306 e. The van der Waals surface area contributed by atoms with Crippen molar-refractivity contribution in [1.82, 2.24) is 5.32 Å². The lowest BCUT2D eigenvalue weighted by Gasteiger charge is -2.24. The van der Waals surface area contributed by atoms with E-state index < -0.39 is 18.2 Å². The smallest absolute Gasteiger partial charge is 0.306 e. The van der Waals surface area contributed by atoms with Crippen molar-refractivity contribution in [2.75, 3.05) is 6.61 Å². The Bertz CT molecular complexity index is 1220. The zero-order valence-electron chi connectivity index (χ0n) is 43.6. The van der Waals surface area contributed by atoms with Gasteiger partial charge in [0, 0.05) is 6.42 Å². The van der Waals surface area contributed by atoms with Crippen LogP contribution in [0.1, 0.15) is 271 Å². The SMILES string of the molecule is CC/C=C/C=C/C=C/C=C\CCCCCCCC(=O)OC(CCCCCCC/C=C\C/C=C\CCCCC)CC(=O)NC(CO)C(O)CCCCCCCCCCCCCCCCCCC. The van der Waals surface area contributed by atoms with Crippen LogP contribution in [0, 0.1) is 0 Å². The molecule has 0 saturated carbocycles. The molecule has 0 heterocycles. The number of aliphatic hydroxyl groups is 2. The molecule has 0 aromatic rings. The standard InChI is InChI=1S/C60H107NO5/c1-4-7-10-13-16-19-22-25-28-29-32-34-37-40-43-46-49-52-58(63)57(55-62)61-59(64)54-56(51-48-45-42-39-36-33-30-26-23-20-17-14-11-8-5-2)66-60(65)53-50-47-44-41-38-35-31-27-24-21-18-15-12-9-6-3/h9,12,15,17-18,20-21,24,26-27,30-31,56-58,62-63H,4-8,10-11,13-14,16,19,22-23,25,28-29,32-55H2,1-3H3,(H,61,64)/b12-9+,18-15+,20-17-,24-21+,30-26-,31-27-. The Hall–Kier alpha value is -2.70. The van der Waals surface area contributed by atoms with Crippen LogP contribution in [0.25, 0.3) is 0 Å². The minimum Gasteiger partial charge on any atom is -0.462 e. The lowest BCUT2D eigenvalue weighted by molar-refractivity contribution is -0.151. The predicted molar refractivity (Wildman–Crippen MR) is 287 cm³/mol. The molecule has 0 bridgehead atoms. The first kappa shape index (κ1) is 63.3. The fourth-order valence-electron chi connectivity index (χ4n) is 8.35. The van der Waals surface area contributed by atoms with Crippen molar-refractivity contribution in [2.24, 2.45) is 0 Å². The summed E-state index contributed by atoms with van der Waals surface area (Å²) in [7, 11) is 0. The molecule has 0 aliphatic heterocycles. The average Bonchev–Trinajstić information content (AvgIpc) is 3.31. The number of esters is 1. The van der Waals surface area contributed by atoms with E-state index in [1.807, 2.05) is 18.2 Å². The number of aliphatic hydroxyl groups excluding tert-OH is 2. The van der Waals surface area contributed by atoms with E-state index in [9.17, 15) is 19.8 Å². The fourth-order valence-corrected chi connectivity index (χ4v) is 8.35. The Balaban J connectivity index is 4.60. The van der Waals surface area contributed by atoms with Crippen LogP contribution in [0.2, 0.25) is 0 Å². The highest BCUT2D eigenvalue weighted by Gasteiger charge is 2.24. The second kappa shape index (κ2) is 53.3. The van der Waals surface area contributed by atoms with Gasteiger partial charge in [-0.3, -0.25) is 9.59 Å². The van der Waals surface area contributed by atoms with Crippen molar-refractivity contribution in [1.29, 1.82) is 0 Å². The zero-order chi connectivity index (χ0) is 48.1. The molecule has 0 aliphatic rings. The summed E-state index contributed by atoms with van der Waals surface area (Å²) in [5.74, 6) is -0.511. The number of hydrogen-bond donors (Lipinski definition) is 3. The molecule has 382 valence electrons. The fraction of sp³-hybridized carbons (Fsp3) is 0.767. The lowest BCUT2D eigenvalue weighted by atomic mass is 10.0. The molecule has 3 atom stereocenters. The van der Waals surface area contributed by atoms with E-state index in [1.165, 1.54) is 128 Å². The average molecular weight is 923 g/mol. The number of carbonyl (C=O) groups is 2. The molecule has 0 radical (unpaired) electrons. The summed E-state index contributed by atoms with van der Waals surface area (Å²) in [6.45, 7) is 6.33. The van der Waals surface area contributed by atoms with Crippen molar-refractivity contribution in [2.45, 2.75) is 289 Å². The van der Waals surface area contributed by atoms with Crippen LogP contribution in [-0.2, 0) is 14.3 Å². The summed E-state index contributed by atoms with van der Waals surface area (Å²) >= 11 is 0. The topological polar surface area (TPSA) is 95.9 Å². The lowest BCUT2D eigenvalue weighted by Crippen LogP contribution is -2.46. The number of rotatable bonds is 50. The summed E-state index contributed by atoms with van der Waals surface area (Å²) < 4.78 is 5.94. The third-order valence-corrected chi connectivity index (χ3v) is 12.6. The summed E-state index contributed by atoms with van der Waals surface area (Å²) in [6, 6.07) is -0.715. The molecule has 66 heavy (non-hydrogen) atoms. The second-order valence-electron chi connectivity index (χ2n) is 19.0. The van der Waals surface area contributed by atoms with Gasteiger partial charge in [0.25, 0.3) is 0 Å². The van der Waals surface area contributed by atoms with Gasteiger partial charge in [0.1, 0.15) is 6.10 Å². The summed E-state index contributed by atoms with van der Waals surface area (Å²) in [4.78, 5) is 26.2. The maximum absolute atomic E-state index is 13.3. The first-order valence-corrected chi connectivity index (χ1v) is 28.2. The van der Waals surface area contributed by atoms with Crippen LogP contribution in [0.4, 0.5) is 0 Å². The first-order chi connectivity index (χ1) is 32.5. The predicted octanol–water partition coefficient (Wildman–Crippen LogP) is 17.3. The molecule has 0 aromatic heterocycles. The molecule has 6 nitrogen and oxygen atoms in total. The summed E-state index contributed by atoms with van der Waals surface area (Å²) in [5.41, 5.74) is 0. The maximum atomic E-state index is 13.3. The van der Waals surface area contributed by atoms with Gasteiger partial charge in [0.2, 0.25) is 5.91 Å².